The van der Waals surface area contributed by atoms with Gasteiger partial charge in [0.05, 0.1) is 14.2 Å². The van der Waals surface area contributed by atoms with Crippen LogP contribution in [0, 0.1) is 0 Å². The predicted octanol–water partition coefficient (Wildman–Crippen LogP) is 6.26. The molecule has 0 spiro atoms. The molecule has 0 bridgehead atoms. The lowest BCUT2D eigenvalue weighted by Crippen LogP contribution is -2.27. The zero-order valence-corrected chi connectivity index (χ0v) is 24.1. The zero-order valence-electron chi connectivity index (χ0n) is 24.1. The second-order valence-corrected chi connectivity index (χ2v) is 10.2. The fraction of sp³-hybridized carbons (Fsp3) is 0.226. The van der Waals surface area contributed by atoms with Crippen LogP contribution in [0.5, 0.6) is 11.5 Å². The molecule has 0 saturated carbocycles. The summed E-state index contributed by atoms with van der Waals surface area (Å²) in [5.74, 6) is 1.55. The van der Waals surface area contributed by atoms with E-state index < -0.39 is 11.7 Å². The van der Waals surface area contributed by atoms with Crippen molar-refractivity contribution >= 4 is 40.8 Å². The highest BCUT2D eigenvalue weighted by atomic mass is 16.6. The lowest BCUT2D eigenvalue weighted by atomic mass is 10.2. The highest BCUT2D eigenvalue weighted by Gasteiger charge is 2.18. The minimum absolute atomic E-state index is 0.227. The number of benzene rings is 3. The maximum atomic E-state index is 13.3. The first kappa shape index (κ1) is 29.7. The van der Waals surface area contributed by atoms with E-state index in [4.69, 9.17) is 14.2 Å². The van der Waals surface area contributed by atoms with Crippen molar-refractivity contribution in [2.45, 2.75) is 32.9 Å². The monoisotopic (exact) mass is 570 g/mol. The van der Waals surface area contributed by atoms with Crippen molar-refractivity contribution in [3.8, 4) is 11.5 Å². The summed E-state index contributed by atoms with van der Waals surface area (Å²) in [4.78, 5) is 34.5. The van der Waals surface area contributed by atoms with Gasteiger partial charge in [0.1, 0.15) is 28.5 Å². The summed E-state index contributed by atoms with van der Waals surface area (Å²) >= 11 is 0. The summed E-state index contributed by atoms with van der Waals surface area (Å²) in [5, 5.41) is 12.0. The molecule has 4 aromatic rings. The van der Waals surface area contributed by atoms with Crippen LogP contribution in [0.25, 0.3) is 0 Å². The number of nitrogens with zero attached hydrogens (tertiary/aromatic N) is 2. The third kappa shape index (κ3) is 8.59. The predicted molar refractivity (Wildman–Crippen MR) is 162 cm³/mol. The number of carbonyl (C=O) groups is 2. The Labute approximate surface area is 244 Å². The molecule has 0 saturated heterocycles. The molecule has 218 valence electrons. The molecule has 0 aliphatic heterocycles. The van der Waals surface area contributed by atoms with Crippen molar-refractivity contribution in [3.63, 3.8) is 0 Å². The number of anilines is 5. The van der Waals surface area contributed by atoms with Crippen LogP contribution in [-0.4, -0.2) is 41.8 Å². The van der Waals surface area contributed by atoms with Crippen molar-refractivity contribution in [1.82, 2.24) is 15.3 Å². The molecule has 0 aliphatic carbocycles. The Morgan fingerprint density at radius 3 is 2.17 bits per heavy atom. The summed E-state index contributed by atoms with van der Waals surface area (Å²) in [7, 11) is 3.18. The third-order valence-electron chi connectivity index (χ3n) is 5.74. The molecule has 42 heavy (non-hydrogen) atoms. The van der Waals surface area contributed by atoms with Gasteiger partial charge in [0, 0.05) is 35.9 Å². The van der Waals surface area contributed by atoms with Gasteiger partial charge in [0.2, 0.25) is 5.95 Å². The lowest BCUT2D eigenvalue weighted by molar-refractivity contribution is 0.0635. The first-order valence-electron chi connectivity index (χ1n) is 13.2. The molecule has 0 radical (unpaired) electrons. The highest BCUT2D eigenvalue weighted by Crippen LogP contribution is 2.25. The quantitative estimate of drug-likeness (QED) is 0.174. The number of carbonyl (C=O) groups excluding carboxylic acids is 2. The standard InChI is InChI=1S/C31H34N6O5/c1-31(2,3)42-30(39)36-22-9-6-8-21(16-22)34-27-26(28(38)32-18-20-12-14-24(40-4)15-13-20)19-33-29(37-27)35-23-10-7-11-25(17-23)41-5/h6-17,19H,18H2,1-5H3,(H,32,38)(H,36,39)(H2,33,34,35,37). The van der Waals surface area contributed by atoms with E-state index in [-0.39, 0.29) is 23.2 Å². The Balaban J connectivity index is 1.58. The van der Waals surface area contributed by atoms with Crippen LogP contribution in [0.2, 0.25) is 0 Å². The Morgan fingerprint density at radius 1 is 0.810 bits per heavy atom. The third-order valence-corrected chi connectivity index (χ3v) is 5.74. The molecule has 0 fully saturated rings. The van der Waals surface area contributed by atoms with Crippen LogP contribution in [0.3, 0.4) is 0 Å². The molecule has 0 aliphatic rings. The van der Waals surface area contributed by atoms with Gasteiger partial charge in [-0.05, 0) is 68.8 Å². The molecule has 1 heterocycles. The molecular weight excluding hydrogens is 536 g/mol. The maximum absolute atomic E-state index is 13.3. The molecular formula is C31H34N6O5. The van der Waals surface area contributed by atoms with Crippen molar-refractivity contribution < 1.29 is 23.8 Å². The number of hydrogen-bond acceptors (Lipinski definition) is 9. The van der Waals surface area contributed by atoms with Gasteiger partial charge >= 0.3 is 6.09 Å². The van der Waals surface area contributed by atoms with E-state index in [2.05, 4.69) is 31.2 Å². The molecule has 3 aromatic carbocycles. The van der Waals surface area contributed by atoms with Crippen molar-refractivity contribution in [2.75, 3.05) is 30.2 Å². The van der Waals surface area contributed by atoms with E-state index >= 15 is 0 Å². The number of rotatable bonds is 10. The minimum atomic E-state index is -0.638. The minimum Gasteiger partial charge on any atom is -0.497 e. The van der Waals surface area contributed by atoms with Gasteiger partial charge in [-0.25, -0.2) is 9.78 Å². The molecule has 2 amide bonds. The number of aromatic nitrogens is 2. The first-order chi connectivity index (χ1) is 20.1. The van der Waals surface area contributed by atoms with Crippen molar-refractivity contribution in [3.05, 3.63) is 90.1 Å². The Bertz CT molecular complexity index is 1540. The Kier molecular flexibility index (Phi) is 9.43. The lowest BCUT2D eigenvalue weighted by Gasteiger charge is -2.20. The molecule has 4 rings (SSSR count). The number of methoxy groups -OCH3 is 2. The van der Waals surface area contributed by atoms with Gasteiger partial charge in [-0.3, -0.25) is 10.1 Å². The van der Waals surface area contributed by atoms with Crippen molar-refractivity contribution in [2.24, 2.45) is 0 Å². The van der Waals surface area contributed by atoms with Gasteiger partial charge in [-0.2, -0.15) is 4.98 Å². The number of nitrogens with one attached hydrogen (secondary N) is 4. The van der Waals surface area contributed by atoms with Crippen LogP contribution in [-0.2, 0) is 11.3 Å². The normalized spacial score (nSPS) is 10.8. The second-order valence-electron chi connectivity index (χ2n) is 10.2. The van der Waals surface area contributed by atoms with E-state index in [1.54, 1.807) is 65.3 Å². The van der Waals surface area contributed by atoms with Gasteiger partial charge in [-0.15, -0.1) is 0 Å². The number of ether oxygens (including phenoxy) is 3. The van der Waals surface area contributed by atoms with E-state index in [9.17, 15) is 9.59 Å². The zero-order chi connectivity index (χ0) is 30.1. The van der Waals surface area contributed by atoms with Gasteiger partial charge in [0.15, 0.2) is 0 Å². The van der Waals surface area contributed by atoms with Gasteiger partial charge in [0.25, 0.3) is 5.91 Å². The summed E-state index contributed by atoms with van der Waals surface area (Å²) in [6.07, 6.45) is 0.870. The average Bonchev–Trinajstić information content (AvgIpc) is 2.95. The highest BCUT2D eigenvalue weighted by molar-refractivity contribution is 5.99. The van der Waals surface area contributed by atoms with E-state index in [1.165, 1.54) is 6.20 Å². The van der Waals surface area contributed by atoms with Gasteiger partial charge < -0.3 is 30.2 Å². The maximum Gasteiger partial charge on any atom is 0.412 e. The molecule has 0 atom stereocenters. The summed E-state index contributed by atoms with van der Waals surface area (Å²) < 4.78 is 15.8. The molecule has 1 aromatic heterocycles. The summed E-state index contributed by atoms with van der Waals surface area (Å²) in [5.41, 5.74) is 2.28. The van der Waals surface area contributed by atoms with E-state index in [0.29, 0.717) is 29.4 Å². The SMILES string of the molecule is COc1ccc(CNC(=O)c2cnc(Nc3cccc(OC)c3)nc2Nc2cccc(NC(=O)OC(C)(C)C)c2)cc1. The summed E-state index contributed by atoms with van der Waals surface area (Å²) in [6, 6.07) is 21.7. The van der Waals surface area contributed by atoms with Gasteiger partial charge in [-0.1, -0.05) is 24.3 Å². The van der Waals surface area contributed by atoms with Crippen molar-refractivity contribution in [1.29, 1.82) is 0 Å². The number of hydrogen-bond donors (Lipinski definition) is 4. The Hall–Kier alpha value is -5.32. The average molecular weight is 571 g/mol. The van der Waals surface area contributed by atoms with Crippen LogP contribution in [0.15, 0.2) is 79.0 Å². The fourth-order valence-corrected chi connectivity index (χ4v) is 3.79. The second kappa shape index (κ2) is 13.4. The van der Waals surface area contributed by atoms with E-state index in [0.717, 1.165) is 11.3 Å². The van der Waals surface area contributed by atoms with E-state index in [1.807, 2.05) is 42.5 Å². The van der Waals surface area contributed by atoms with Crippen LogP contribution >= 0.6 is 0 Å². The first-order valence-corrected chi connectivity index (χ1v) is 13.2. The Morgan fingerprint density at radius 2 is 1.48 bits per heavy atom. The molecule has 4 N–H and O–H groups in total. The van der Waals surface area contributed by atoms with Crippen LogP contribution < -0.4 is 30.7 Å². The molecule has 11 nitrogen and oxygen atoms in total. The smallest absolute Gasteiger partial charge is 0.412 e. The number of amides is 2. The molecule has 0 unspecified atom stereocenters. The fourth-order valence-electron chi connectivity index (χ4n) is 3.79. The summed E-state index contributed by atoms with van der Waals surface area (Å²) in [6.45, 7) is 5.66. The topological polar surface area (TPSA) is 136 Å². The molecule has 11 heteroatoms. The van der Waals surface area contributed by atoms with Crippen LogP contribution in [0.4, 0.5) is 33.6 Å². The largest absolute Gasteiger partial charge is 0.497 e. The van der Waals surface area contributed by atoms with Crippen LogP contribution in [0.1, 0.15) is 36.7 Å².